The summed E-state index contributed by atoms with van der Waals surface area (Å²) in [6, 6.07) is 0. The van der Waals surface area contributed by atoms with Gasteiger partial charge in [0.1, 0.15) is 0 Å². The highest BCUT2D eigenvalue weighted by molar-refractivity contribution is 7.89. The summed E-state index contributed by atoms with van der Waals surface area (Å²) in [7, 11) is -3.84. The van der Waals surface area contributed by atoms with Crippen LogP contribution in [0, 0.1) is 0 Å². The Labute approximate surface area is 106 Å². The number of hydrogen-bond donors (Lipinski definition) is 1. The molecule has 0 amide bonds. The van der Waals surface area contributed by atoms with E-state index in [0.717, 1.165) is 6.54 Å². The normalized spacial score (nSPS) is 25.9. The molecule has 1 aliphatic heterocycles. The van der Waals surface area contributed by atoms with Crippen molar-refractivity contribution in [2.24, 2.45) is 0 Å². The van der Waals surface area contributed by atoms with Crippen LogP contribution >= 0.6 is 0 Å². The molecule has 0 bridgehead atoms. The number of nitrogens with one attached hydrogen (secondary N) is 1. The maximum Gasteiger partial charge on any atom is 0.211 e. The summed E-state index contributed by atoms with van der Waals surface area (Å²) in [4.78, 5) is 2.20. The zero-order valence-electron chi connectivity index (χ0n) is 10.7. The highest BCUT2D eigenvalue weighted by atomic mass is 32.2. The molecule has 0 aliphatic carbocycles. The van der Waals surface area contributed by atoms with Crippen LogP contribution in [0.15, 0.2) is 0 Å². The summed E-state index contributed by atoms with van der Waals surface area (Å²) in [5.74, 6) is 1.46. The van der Waals surface area contributed by atoms with E-state index in [9.17, 15) is 12.6 Å². The Morgan fingerprint density at radius 2 is 2.06 bits per heavy atom. The predicted octanol–water partition coefficient (Wildman–Crippen LogP) is -0.231. The number of rotatable bonds is 5. The van der Waals surface area contributed by atoms with E-state index in [4.69, 9.17) is 0 Å². The third-order valence-electron chi connectivity index (χ3n) is 3.04. The van der Waals surface area contributed by atoms with Crippen LogP contribution in [0.3, 0.4) is 0 Å². The van der Waals surface area contributed by atoms with Crippen LogP contribution in [-0.4, -0.2) is 60.0 Å². The topological polar surface area (TPSA) is 66.5 Å². The fourth-order valence-electron chi connectivity index (χ4n) is 1.92. The highest BCUT2D eigenvalue weighted by Crippen LogP contribution is 2.19. The second-order valence-electron chi connectivity index (χ2n) is 4.89. The molecule has 1 unspecified atom stereocenters. The van der Waals surface area contributed by atoms with Gasteiger partial charge in [0.25, 0.3) is 0 Å². The maximum absolute atomic E-state index is 11.5. The minimum atomic E-state index is -3.11. The lowest BCUT2D eigenvalue weighted by Crippen LogP contribution is -2.55. The quantitative estimate of drug-likeness (QED) is 0.756. The predicted molar refractivity (Wildman–Crippen MR) is 71.0 cm³/mol. The first kappa shape index (κ1) is 15.1. The highest BCUT2D eigenvalue weighted by Gasteiger charge is 2.32. The molecular formula is C10H22N2O3S2. The van der Waals surface area contributed by atoms with E-state index in [1.807, 2.05) is 0 Å². The van der Waals surface area contributed by atoms with E-state index in [2.05, 4.69) is 23.5 Å². The molecule has 1 rings (SSSR count). The molecule has 0 spiro atoms. The molecule has 5 nitrogen and oxygen atoms in total. The third kappa shape index (κ3) is 4.65. The summed E-state index contributed by atoms with van der Waals surface area (Å²) >= 11 is 0. The second-order valence-corrected chi connectivity index (χ2v) is 8.56. The van der Waals surface area contributed by atoms with E-state index < -0.39 is 20.8 Å². The van der Waals surface area contributed by atoms with Crippen LogP contribution in [0.5, 0.6) is 0 Å². The van der Waals surface area contributed by atoms with E-state index in [-0.39, 0.29) is 11.3 Å². The molecule has 1 N–H and O–H groups in total. The molecule has 1 aliphatic rings. The van der Waals surface area contributed by atoms with Crippen molar-refractivity contribution in [3.8, 4) is 0 Å². The van der Waals surface area contributed by atoms with Gasteiger partial charge in [-0.3, -0.25) is 9.11 Å². The van der Waals surface area contributed by atoms with Crippen LogP contribution in [0.4, 0.5) is 0 Å². The third-order valence-corrected chi connectivity index (χ3v) is 6.11. The molecule has 0 radical (unpaired) electrons. The van der Waals surface area contributed by atoms with Crippen molar-refractivity contribution in [2.75, 3.05) is 36.9 Å². The first-order chi connectivity index (χ1) is 7.77. The Bertz CT molecular complexity index is 379. The first-order valence-electron chi connectivity index (χ1n) is 5.84. The molecule has 0 saturated carbocycles. The van der Waals surface area contributed by atoms with Gasteiger partial charge in [0.2, 0.25) is 10.0 Å². The van der Waals surface area contributed by atoms with Gasteiger partial charge in [-0.05, 0) is 20.8 Å². The van der Waals surface area contributed by atoms with Gasteiger partial charge in [-0.2, -0.15) is 0 Å². The van der Waals surface area contributed by atoms with Crippen molar-refractivity contribution in [2.45, 2.75) is 26.3 Å². The largest absolute Gasteiger partial charge is 0.295 e. The van der Waals surface area contributed by atoms with E-state index in [0.29, 0.717) is 24.6 Å². The van der Waals surface area contributed by atoms with Crippen molar-refractivity contribution in [3.63, 3.8) is 0 Å². The number of nitrogens with zero attached hydrogens (tertiary/aromatic N) is 1. The summed E-state index contributed by atoms with van der Waals surface area (Å²) in [5.41, 5.74) is -0.110. The van der Waals surface area contributed by atoms with Crippen LogP contribution < -0.4 is 4.72 Å². The van der Waals surface area contributed by atoms with Crippen LogP contribution in [0.1, 0.15) is 20.8 Å². The number of sulfonamides is 1. The summed E-state index contributed by atoms with van der Waals surface area (Å²) in [6.45, 7) is 7.59. The fraction of sp³-hybridized carbons (Fsp3) is 1.00. The molecule has 0 aromatic carbocycles. The minimum Gasteiger partial charge on any atom is -0.295 e. The molecule has 7 heteroatoms. The average molecular weight is 282 g/mol. The van der Waals surface area contributed by atoms with Gasteiger partial charge in [-0.15, -0.1) is 0 Å². The molecule has 102 valence electrons. The van der Waals surface area contributed by atoms with Crippen LogP contribution in [0.25, 0.3) is 0 Å². The van der Waals surface area contributed by atoms with Gasteiger partial charge in [-0.1, -0.05) is 0 Å². The molecule has 1 heterocycles. The minimum absolute atomic E-state index is 0.110. The van der Waals surface area contributed by atoms with Crippen LogP contribution in [0.2, 0.25) is 0 Å². The zero-order chi connectivity index (χ0) is 13.1. The molecule has 1 saturated heterocycles. The lowest BCUT2D eigenvalue weighted by atomic mass is 10.1. The van der Waals surface area contributed by atoms with Gasteiger partial charge < -0.3 is 0 Å². The van der Waals surface area contributed by atoms with E-state index in [1.54, 1.807) is 6.92 Å². The second kappa shape index (κ2) is 5.77. The lowest BCUT2D eigenvalue weighted by molar-refractivity contribution is 0.145. The standard InChI is InChI=1S/C10H22N2O3S2/c1-4-17(14,15)11-5-6-12-7-8-16(13)9-10(12,2)3/h11H,4-9H2,1-3H3. The molecule has 1 atom stereocenters. The molecule has 0 aromatic heterocycles. The Morgan fingerprint density at radius 3 is 2.59 bits per heavy atom. The lowest BCUT2D eigenvalue weighted by Gasteiger charge is -2.41. The first-order valence-corrected chi connectivity index (χ1v) is 8.98. The SMILES string of the molecule is CCS(=O)(=O)NCCN1CCS(=O)CC1(C)C. The van der Waals surface area contributed by atoms with Gasteiger partial charge in [0.05, 0.1) is 5.75 Å². The van der Waals surface area contributed by atoms with Crippen molar-refractivity contribution in [1.29, 1.82) is 0 Å². The fourth-order valence-corrected chi connectivity index (χ4v) is 4.07. The summed E-state index contributed by atoms with van der Waals surface area (Å²) < 4.78 is 36.6. The monoisotopic (exact) mass is 282 g/mol. The Kier molecular flexibility index (Phi) is 5.12. The van der Waals surface area contributed by atoms with Crippen LogP contribution in [-0.2, 0) is 20.8 Å². The Balaban J connectivity index is 2.44. The average Bonchev–Trinajstić information content (AvgIpc) is 2.20. The smallest absolute Gasteiger partial charge is 0.211 e. The molecule has 17 heavy (non-hydrogen) atoms. The van der Waals surface area contributed by atoms with Crippen molar-refractivity contribution in [1.82, 2.24) is 9.62 Å². The summed E-state index contributed by atoms with van der Waals surface area (Å²) in [6.07, 6.45) is 0. The van der Waals surface area contributed by atoms with Gasteiger partial charge in [-0.25, -0.2) is 13.1 Å². The van der Waals surface area contributed by atoms with Crippen molar-refractivity contribution in [3.05, 3.63) is 0 Å². The van der Waals surface area contributed by atoms with Gasteiger partial charge in [0.15, 0.2) is 0 Å². The van der Waals surface area contributed by atoms with Gasteiger partial charge in [0, 0.05) is 47.5 Å². The molecule has 1 fully saturated rings. The van der Waals surface area contributed by atoms with Gasteiger partial charge >= 0.3 is 0 Å². The van der Waals surface area contributed by atoms with E-state index in [1.165, 1.54) is 0 Å². The summed E-state index contributed by atoms with van der Waals surface area (Å²) in [5, 5.41) is 0. The van der Waals surface area contributed by atoms with Crippen molar-refractivity contribution < 1.29 is 12.6 Å². The number of hydrogen-bond acceptors (Lipinski definition) is 4. The van der Waals surface area contributed by atoms with E-state index >= 15 is 0 Å². The molecular weight excluding hydrogens is 260 g/mol. The molecule has 0 aromatic rings. The maximum atomic E-state index is 11.5. The Hall–Kier alpha value is 0.0200. The van der Waals surface area contributed by atoms with Crippen molar-refractivity contribution >= 4 is 20.8 Å². The zero-order valence-corrected chi connectivity index (χ0v) is 12.4. The Morgan fingerprint density at radius 1 is 1.41 bits per heavy atom.